The van der Waals surface area contributed by atoms with Crippen LogP contribution in [-0.4, -0.2) is 90.5 Å². The van der Waals surface area contributed by atoms with Gasteiger partial charge in [-0.15, -0.1) is 0 Å². The molecule has 2 aliphatic rings. The van der Waals surface area contributed by atoms with Crippen molar-refractivity contribution in [1.29, 1.82) is 0 Å². The van der Waals surface area contributed by atoms with Crippen LogP contribution in [0.3, 0.4) is 0 Å². The van der Waals surface area contributed by atoms with Crippen molar-refractivity contribution >= 4 is 11.9 Å². The fourth-order valence-corrected chi connectivity index (χ4v) is 4.23. The molecular weight excluding hydrogens is 471 g/mol. The normalized spacial score (nSPS) is 20.8. The zero-order chi connectivity index (χ0) is 25.0. The lowest BCUT2D eigenvalue weighted by molar-refractivity contribution is -0.159. The average Bonchev–Trinajstić information content (AvgIpc) is 3.53. The molecule has 2 atom stereocenters. The van der Waals surface area contributed by atoms with Gasteiger partial charge in [0, 0.05) is 37.9 Å². The monoisotopic (exact) mass is 497 g/mol. The van der Waals surface area contributed by atoms with E-state index in [1.165, 1.54) is 24.3 Å². The quantitative estimate of drug-likeness (QED) is 0.653. The number of urea groups is 1. The molecule has 1 aromatic heterocycles. The summed E-state index contributed by atoms with van der Waals surface area (Å²) in [5.74, 6) is -2.06. The molecule has 0 radical (unpaired) electrons. The lowest BCUT2D eigenvalue weighted by Crippen LogP contribution is -2.58. The van der Waals surface area contributed by atoms with Crippen molar-refractivity contribution in [2.24, 2.45) is 0 Å². The fourth-order valence-electron chi connectivity index (χ4n) is 4.23. The number of rotatable bonds is 6. The summed E-state index contributed by atoms with van der Waals surface area (Å²) in [6.07, 6.45) is -2.92. The van der Waals surface area contributed by atoms with Crippen LogP contribution in [0.5, 0.6) is 0 Å². The minimum absolute atomic E-state index is 0.0375. The minimum atomic E-state index is -4.73. The summed E-state index contributed by atoms with van der Waals surface area (Å²) in [5, 5.41) is 6.14. The predicted molar refractivity (Wildman–Crippen MR) is 115 cm³/mol. The van der Waals surface area contributed by atoms with Crippen LogP contribution in [0.15, 0.2) is 28.8 Å². The number of alkyl halides is 3. The lowest BCUT2D eigenvalue weighted by atomic mass is 10.1. The highest BCUT2D eigenvalue weighted by atomic mass is 19.4. The van der Waals surface area contributed by atoms with Gasteiger partial charge in [0.15, 0.2) is 0 Å². The molecule has 0 bridgehead atoms. The number of carbonyl (C=O) groups excluding carboxylic acids is 2. The molecule has 0 unspecified atom stereocenters. The van der Waals surface area contributed by atoms with E-state index in [0.717, 1.165) is 12.8 Å². The Balaban J connectivity index is 1.36. The van der Waals surface area contributed by atoms with Crippen molar-refractivity contribution in [2.45, 2.75) is 31.1 Å². The molecule has 2 saturated heterocycles. The fraction of sp³-hybridized carbons (Fsp3) is 0.545. The number of halogens is 3. The Hall–Kier alpha value is -3.19. The van der Waals surface area contributed by atoms with Crippen LogP contribution < -0.4 is 5.32 Å². The lowest BCUT2D eigenvalue weighted by Gasteiger charge is -2.39. The molecular formula is C22H26F3N5O5. The van der Waals surface area contributed by atoms with Crippen molar-refractivity contribution in [2.75, 3.05) is 46.6 Å². The van der Waals surface area contributed by atoms with Gasteiger partial charge in [0.25, 0.3) is 5.91 Å². The van der Waals surface area contributed by atoms with E-state index in [9.17, 15) is 22.8 Å². The minimum Gasteiger partial charge on any atom is -0.383 e. The van der Waals surface area contributed by atoms with Gasteiger partial charge < -0.3 is 29.1 Å². The number of ether oxygens (including phenoxy) is 2. The Labute approximate surface area is 199 Å². The van der Waals surface area contributed by atoms with E-state index in [1.54, 1.807) is 12.0 Å². The van der Waals surface area contributed by atoms with Crippen LogP contribution in [0, 0.1) is 0 Å². The summed E-state index contributed by atoms with van der Waals surface area (Å²) < 4.78 is 53.0. The molecule has 3 heterocycles. The number of benzene rings is 1. The average molecular weight is 497 g/mol. The molecule has 0 aliphatic carbocycles. The van der Waals surface area contributed by atoms with Gasteiger partial charge >= 0.3 is 18.1 Å². The second-order valence-corrected chi connectivity index (χ2v) is 8.36. The second kappa shape index (κ2) is 10.6. The number of nitrogens with one attached hydrogen (secondary N) is 1. The second-order valence-electron chi connectivity index (χ2n) is 8.36. The molecule has 3 amide bonds. The van der Waals surface area contributed by atoms with Crippen LogP contribution >= 0.6 is 0 Å². The van der Waals surface area contributed by atoms with E-state index in [1.807, 2.05) is 4.90 Å². The van der Waals surface area contributed by atoms with Gasteiger partial charge in [-0.2, -0.15) is 18.2 Å². The summed E-state index contributed by atoms with van der Waals surface area (Å²) >= 11 is 0. The first-order chi connectivity index (χ1) is 16.8. The summed E-state index contributed by atoms with van der Waals surface area (Å²) in [7, 11) is 1.61. The highest BCUT2D eigenvalue weighted by Crippen LogP contribution is 2.29. The maximum absolute atomic E-state index is 13.2. The van der Waals surface area contributed by atoms with Gasteiger partial charge in [-0.05, 0) is 25.0 Å². The van der Waals surface area contributed by atoms with E-state index in [4.69, 9.17) is 9.47 Å². The van der Waals surface area contributed by atoms with Gasteiger partial charge in [0.05, 0.1) is 31.9 Å². The van der Waals surface area contributed by atoms with E-state index < -0.39 is 18.0 Å². The molecule has 1 aromatic carbocycles. The highest BCUT2D eigenvalue weighted by molar-refractivity contribution is 5.94. The van der Waals surface area contributed by atoms with Gasteiger partial charge in [0.1, 0.15) is 0 Å². The number of hydrogen-bond donors (Lipinski definition) is 1. The van der Waals surface area contributed by atoms with Gasteiger partial charge in [-0.25, -0.2) is 4.79 Å². The SMILES string of the molecule is COC[C@@H]1CCCN1C(=O)N1CCOC[C@@H]1CNC(=O)c1ccc(-c2noc(C(F)(F)F)n2)cc1. The Bertz CT molecular complexity index is 1030. The Morgan fingerprint density at radius 3 is 2.60 bits per heavy atom. The largest absolute Gasteiger partial charge is 0.471 e. The molecule has 1 N–H and O–H groups in total. The highest BCUT2D eigenvalue weighted by Gasteiger charge is 2.39. The van der Waals surface area contributed by atoms with Crippen molar-refractivity contribution in [1.82, 2.24) is 25.3 Å². The van der Waals surface area contributed by atoms with Crippen LogP contribution in [0.4, 0.5) is 18.0 Å². The third kappa shape index (κ3) is 5.73. The molecule has 10 nitrogen and oxygen atoms in total. The topological polar surface area (TPSA) is 110 Å². The number of nitrogens with zero attached hydrogens (tertiary/aromatic N) is 4. The van der Waals surface area contributed by atoms with Crippen molar-refractivity contribution in [3.8, 4) is 11.4 Å². The predicted octanol–water partition coefficient (Wildman–Crippen LogP) is 2.42. The third-order valence-electron chi connectivity index (χ3n) is 6.03. The standard InChI is InChI=1S/C22H26F3N5O5/c1-33-12-16-3-2-8-29(16)21(32)30-9-10-34-13-17(30)11-26-19(31)15-6-4-14(5-7-15)18-27-20(35-28-18)22(23,24)25/h4-7,16-17H,2-3,8-13H2,1H3,(H,26,31)/t16-,17-/m0/s1. The van der Waals surface area contributed by atoms with Gasteiger partial charge in [0.2, 0.25) is 5.82 Å². The molecule has 2 aliphatic heterocycles. The summed E-state index contributed by atoms with van der Waals surface area (Å²) in [5.41, 5.74) is 0.567. The smallest absolute Gasteiger partial charge is 0.383 e. The number of hydrogen-bond acceptors (Lipinski definition) is 7. The van der Waals surface area contributed by atoms with E-state index in [0.29, 0.717) is 38.5 Å². The van der Waals surface area contributed by atoms with E-state index in [-0.39, 0.29) is 36.0 Å². The molecule has 2 fully saturated rings. The first kappa shape index (κ1) is 24.9. The maximum atomic E-state index is 13.2. The van der Waals surface area contributed by atoms with Crippen molar-refractivity contribution < 1.29 is 36.8 Å². The number of likely N-dealkylation sites (tertiary alicyclic amines) is 1. The number of carbonyl (C=O) groups is 2. The van der Waals surface area contributed by atoms with Crippen molar-refractivity contribution in [3.63, 3.8) is 0 Å². The van der Waals surface area contributed by atoms with E-state index >= 15 is 0 Å². The summed E-state index contributed by atoms with van der Waals surface area (Å²) in [4.78, 5) is 32.7. The van der Waals surface area contributed by atoms with Crippen LogP contribution in [0.1, 0.15) is 29.1 Å². The Kier molecular flexibility index (Phi) is 7.55. The Morgan fingerprint density at radius 1 is 1.17 bits per heavy atom. The molecule has 2 aromatic rings. The molecule has 0 saturated carbocycles. The van der Waals surface area contributed by atoms with Crippen LogP contribution in [-0.2, 0) is 15.7 Å². The maximum Gasteiger partial charge on any atom is 0.471 e. The number of methoxy groups -OCH3 is 1. The van der Waals surface area contributed by atoms with Gasteiger partial charge in [-0.3, -0.25) is 4.79 Å². The first-order valence-corrected chi connectivity index (χ1v) is 11.2. The molecule has 35 heavy (non-hydrogen) atoms. The zero-order valence-electron chi connectivity index (χ0n) is 19.1. The van der Waals surface area contributed by atoms with Gasteiger partial charge in [-0.1, -0.05) is 17.3 Å². The number of morpholine rings is 1. The number of amides is 3. The molecule has 0 spiro atoms. The van der Waals surface area contributed by atoms with E-state index in [2.05, 4.69) is 20.0 Å². The Morgan fingerprint density at radius 2 is 1.91 bits per heavy atom. The molecule has 190 valence electrons. The summed E-state index contributed by atoms with van der Waals surface area (Å²) in [6, 6.07) is 5.39. The number of aromatic nitrogens is 2. The third-order valence-corrected chi connectivity index (χ3v) is 6.03. The summed E-state index contributed by atoms with van der Waals surface area (Å²) in [6.45, 7) is 2.48. The van der Waals surface area contributed by atoms with Crippen LogP contribution in [0.2, 0.25) is 0 Å². The van der Waals surface area contributed by atoms with Crippen LogP contribution in [0.25, 0.3) is 11.4 Å². The molecule has 13 heteroatoms. The van der Waals surface area contributed by atoms with Crippen molar-refractivity contribution in [3.05, 3.63) is 35.7 Å². The zero-order valence-corrected chi connectivity index (χ0v) is 19.1. The first-order valence-electron chi connectivity index (χ1n) is 11.2. The molecule has 4 rings (SSSR count).